The van der Waals surface area contributed by atoms with Crippen molar-refractivity contribution in [2.45, 2.75) is 13.0 Å². The van der Waals surface area contributed by atoms with E-state index in [0.29, 0.717) is 17.1 Å². The molecule has 4 nitrogen and oxygen atoms in total. The maximum Gasteiger partial charge on any atom is 0.251 e. The van der Waals surface area contributed by atoms with Crippen LogP contribution in [-0.4, -0.2) is 20.1 Å². The standard InChI is InChI=1S/C17H18FNO3/c1-11(13-6-9-15(21-2)16(10-13)22-3)19-17(20)12-4-7-14(18)8-5-12/h4-11H,1-3H3,(H,19,20)/t11-/m1/s1. The van der Waals surface area contributed by atoms with Crippen LogP contribution in [0.4, 0.5) is 4.39 Å². The second-order valence-corrected chi connectivity index (χ2v) is 4.82. The monoisotopic (exact) mass is 303 g/mol. The molecule has 0 spiro atoms. The van der Waals surface area contributed by atoms with Crippen LogP contribution in [0.15, 0.2) is 42.5 Å². The van der Waals surface area contributed by atoms with Gasteiger partial charge in [0.2, 0.25) is 0 Å². The summed E-state index contributed by atoms with van der Waals surface area (Å²) in [6, 6.07) is 10.7. The van der Waals surface area contributed by atoms with Crippen LogP contribution >= 0.6 is 0 Å². The van der Waals surface area contributed by atoms with Gasteiger partial charge in [0.25, 0.3) is 5.91 Å². The third kappa shape index (κ3) is 3.55. The molecule has 2 aromatic carbocycles. The van der Waals surface area contributed by atoms with Crippen LogP contribution < -0.4 is 14.8 Å². The van der Waals surface area contributed by atoms with Crippen molar-refractivity contribution in [3.05, 3.63) is 59.4 Å². The molecule has 1 atom stereocenters. The zero-order valence-corrected chi connectivity index (χ0v) is 12.7. The van der Waals surface area contributed by atoms with E-state index in [4.69, 9.17) is 9.47 Å². The van der Waals surface area contributed by atoms with Gasteiger partial charge >= 0.3 is 0 Å². The maximum absolute atomic E-state index is 12.9. The molecule has 0 saturated heterocycles. The number of nitrogens with one attached hydrogen (secondary N) is 1. The number of amides is 1. The van der Waals surface area contributed by atoms with Gasteiger partial charge in [-0.1, -0.05) is 6.07 Å². The predicted molar refractivity (Wildman–Crippen MR) is 81.8 cm³/mol. The molecular weight excluding hydrogens is 285 g/mol. The molecule has 0 aromatic heterocycles. The molecule has 1 amide bonds. The Balaban J connectivity index is 2.13. The summed E-state index contributed by atoms with van der Waals surface area (Å²) in [5.74, 6) is 0.595. The molecular formula is C17H18FNO3. The molecule has 0 radical (unpaired) electrons. The Kier molecular flexibility index (Phi) is 4.99. The third-order valence-corrected chi connectivity index (χ3v) is 3.36. The Labute approximate surface area is 128 Å². The van der Waals surface area contributed by atoms with Crippen molar-refractivity contribution in [1.29, 1.82) is 0 Å². The van der Waals surface area contributed by atoms with Crippen molar-refractivity contribution in [3.8, 4) is 11.5 Å². The van der Waals surface area contributed by atoms with E-state index >= 15 is 0 Å². The Bertz CT molecular complexity index is 655. The number of benzene rings is 2. The van der Waals surface area contributed by atoms with E-state index in [-0.39, 0.29) is 17.8 Å². The van der Waals surface area contributed by atoms with Gasteiger partial charge in [-0.05, 0) is 48.9 Å². The SMILES string of the molecule is COc1ccc([C@@H](C)NC(=O)c2ccc(F)cc2)cc1OC. The molecule has 5 heteroatoms. The quantitative estimate of drug-likeness (QED) is 0.921. The van der Waals surface area contributed by atoms with Crippen LogP contribution in [0.3, 0.4) is 0 Å². The number of rotatable bonds is 5. The van der Waals surface area contributed by atoms with E-state index in [1.54, 1.807) is 20.3 Å². The van der Waals surface area contributed by atoms with Crippen LogP contribution in [-0.2, 0) is 0 Å². The number of methoxy groups -OCH3 is 2. The smallest absolute Gasteiger partial charge is 0.251 e. The lowest BCUT2D eigenvalue weighted by molar-refractivity contribution is 0.0940. The molecule has 2 aromatic rings. The first kappa shape index (κ1) is 15.8. The van der Waals surface area contributed by atoms with Gasteiger partial charge in [0, 0.05) is 5.56 Å². The number of hydrogen-bond donors (Lipinski definition) is 1. The average molecular weight is 303 g/mol. The minimum absolute atomic E-state index is 0.225. The molecule has 0 fully saturated rings. The van der Waals surface area contributed by atoms with Crippen molar-refractivity contribution in [3.63, 3.8) is 0 Å². The first-order valence-corrected chi connectivity index (χ1v) is 6.83. The topological polar surface area (TPSA) is 47.6 Å². The predicted octanol–water partition coefficient (Wildman–Crippen LogP) is 3.33. The summed E-state index contributed by atoms with van der Waals surface area (Å²) in [5.41, 5.74) is 1.29. The van der Waals surface area contributed by atoms with Crippen LogP contribution in [0, 0.1) is 5.82 Å². The molecule has 22 heavy (non-hydrogen) atoms. The van der Waals surface area contributed by atoms with Crippen molar-refractivity contribution in [2.24, 2.45) is 0 Å². The van der Waals surface area contributed by atoms with E-state index < -0.39 is 0 Å². The second-order valence-electron chi connectivity index (χ2n) is 4.82. The minimum atomic E-state index is -0.371. The van der Waals surface area contributed by atoms with E-state index in [0.717, 1.165) is 5.56 Å². The highest BCUT2D eigenvalue weighted by atomic mass is 19.1. The molecule has 2 rings (SSSR count). The van der Waals surface area contributed by atoms with Crippen LogP contribution in [0.1, 0.15) is 28.9 Å². The van der Waals surface area contributed by atoms with Gasteiger partial charge in [-0.2, -0.15) is 0 Å². The summed E-state index contributed by atoms with van der Waals surface area (Å²) in [4.78, 5) is 12.1. The summed E-state index contributed by atoms with van der Waals surface area (Å²) < 4.78 is 23.3. The van der Waals surface area contributed by atoms with Crippen LogP contribution in [0.5, 0.6) is 11.5 Å². The highest BCUT2D eigenvalue weighted by molar-refractivity contribution is 5.94. The Morgan fingerprint density at radius 3 is 2.27 bits per heavy atom. The van der Waals surface area contributed by atoms with Crippen LogP contribution in [0.25, 0.3) is 0 Å². The molecule has 0 bridgehead atoms. The number of carbonyl (C=O) groups excluding carboxylic acids is 1. The first-order chi connectivity index (χ1) is 10.5. The van der Waals surface area contributed by atoms with E-state index in [2.05, 4.69) is 5.32 Å². The number of halogens is 1. The largest absolute Gasteiger partial charge is 0.493 e. The average Bonchev–Trinajstić information content (AvgIpc) is 2.54. The molecule has 0 heterocycles. The fourth-order valence-electron chi connectivity index (χ4n) is 2.09. The summed E-state index contributed by atoms with van der Waals surface area (Å²) in [5, 5.41) is 2.86. The van der Waals surface area contributed by atoms with Crippen molar-refractivity contribution in [1.82, 2.24) is 5.32 Å². The molecule has 116 valence electrons. The van der Waals surface area contributed by atoms with Gasteiger partial charge in [-0.15, -0.1) is 0 Å². The summed E-state index contributed by atoms with van der Waals surface area (Å²) in [6.07, 6.45) is 0. The molecule has 1 N–H and O–H groups in total. The fraction of sp³-hybridized carbons (Fsp3) is 0.235. The van der Waals surface area contributed by atoms with E-state index in [9.17, 15) is 9.18 Å². The van der Waals surface area contributed by atoms with Crippen molar-refractivity contribution in [2.75, 3.05) is 14.2 Å². The van der Waals surface area contributed by atoms with Gasteiger partial charge in [0.15, 0.2) is 11.5 Å². The number of ether oxygens (including phenoxy) is 2. The van der Waals surface area contributed by atoms with Crippen molar-refractivity contribution < 1.29 is 18.7 Å². The highest BCUT2D eigenvalue weighted by Crippen LogP contribution is 2.29. The minimum Gasteiger partial charge on any atom is -0.493 e. The molecule has 0 unspecified atom stereocenters. The highest BCUT2D eigenvalue weighted by Gasteiger charge is 2.14. The number of hydrogen-bond acceptors (Lipinski definition) is 3. The molecule has 0 saturated carbocycles. The molecule has 0 aliphatic heterocycles. The molecule has 0 aliphatic carbocycles. The summed E-state index contributed by atoms with van der Waals surface area (Å²) >= 11 is 0. The fourth-order valence-corrected chi connectivity index (χ4v) is 2.09. The lowest BCUT2D eigenvalue weighted by atomic mass is 10.1. The Morgan fingerprint density at radius 1 is 1.05 bits per heavy atom. The first-order valence-electron chi connectivity index (χ1n) is 6.83. The van der Waals surface area contributed by atoms with E-state index in [1.165, 1.54) is 24.3 Å². The Hall–Kier alpha value is -2.56. The lowest BCUT2D eigenvalue weighted by Crippen LogP contribution is -2.26. The normalized spacial score (nSPS) is 11.6. The lowest BCUT2D eigenvalue weighted by Gasteiger charge is -2.16. The second kappa shape index (κ2) is 6.93. The van der Waals surface area contributed by atoms with E-state index in [1.807, 2.05) is 19.1 Å². The van der Waals surface area contributed by atoms with Gasteiger partial charge in [0.1, 0.15) is 5.82 Å². The van der Waals surface area contributed by atoms with Crippen molar-refractivity contribution >= 4 is 5.91 Å². The van der Waals surface area contributed by atoms with Gasteiger partial charge in [0.05, 0.1) is 20.3 Å². The van der Waals surface area contributed by atoms with Crippen LogP contribution in [0.2, 0.25) is 0 Å². The Morgan fingerprint density at radius 2 is 1.68 bits per heavy atom. The zero-order chi connectivity index (χ0) is 16.1. The summed E-state index contributed by atoms with van der Waals surface area (Å²) in [6.45, 7) is 1.86. The third-order valence-electron chi connectivity index (χ3n) is 3.36. The zero-order valence-electron chi connectivity index (χ0n) is 12.7. The summed E-state index contributed by atoms with van der Waals surface area (Å²) in [7, 11) is 3.13. The maximum atomic E-state index is 12.9. The number of carbonyl (C=O) groups is 1. The van der Waals surface area contributed by atoms with Gasteiger partial charge < -0.3 is 14.8 Å². The van der Waals surface area contributed by atoms with Gasteiger partial charge in [-0.3, -0.25) is 4.79 Å². The molecule has 0 aliphatic rings. The van der Waals surface area contributed by atoms with Gasteiger partial charge in [-0.25, -0.2) is 4.39 Å².